The zero-order chi connectivity index (χ0) is 94.3. The summed E-state index contributed by atoms with van der Waals surface area (Å²) in [5, 5.41) is 41.8. The van der Waals surface area contributed by atoms with Crippen LogP contribution in [-0.4, -0.2) is 305 Å². The second-order valence-corrected chi connectivity index (χ2v) is 36.8. The Bertz CT molecular complexity index is 4310. The number of nitrogens with two attached hydrogens (primary N) is 1. The van der Waals surface area contributed by atoms with Crippen molar-refractivity contribution in [3.8, 4) is 16.9 Å². The number of methoxy groups -OCH3 is 3. The van der Waals surface area contributed by atoms with Gasteiger partial charge >= 0.3 is 5.97 Å². The number of esters is 1. The van der Waals surface area contributed by atoms with E-state index in [1.807, 2.05) is 82.3 Å². The number of aliphatic hydroxyl groups excluding tert-OH is 2. The third-order valence-corrected chi connectivity index (χ3v) is 26.5. The first-order chi connectivity index (χ1) is 62.4. The number of aliphatic hydroxyl groups is 3. The number of nitrogens with one attached hydrogen (secondary N) is 2. The van der Waals surface area contributed by atoms with Crippen LogP contribution < -0.4 is 21.1 Å². The Morgan fingerprint density at radius 2 is 1.35 bits per heavy atom. The van der Waals surface area contributed by atoms with Crippen molar-refractivity contribution >= 4 is 68.3 Å². The molecule has 35 heteroatoms. The summed E-state index contributed by atoms with van der Waals surface area (Å²) in [5.41, 5.74) is 9.36. The third kappa shape index (κ3) is 33.8. The Kier molecular flexibility index (Phi) is 46.3. The summed E-state index contributed by atoms with van der Waals surface area (Å²) in [6, 6.07) is 10.4. The van der Waals surface area contributed by atoms with Crippen LogP contribution in [0.3, 0.4) is 0 Å². The molecule has 2 bridgehead atoms. The molecule has 4 aliphatic heterocycles. The third-order valence-electron chi connectivity index (χ3n) is 24.5. The number of carbonyl (C=O) groups is 6. The summed E-state index contributed by atoms with van der Waals surface area (Å²) in [4.78, 5) is 90.4. The SMILES string of the molecule is CO[C@H]1C[C@@H]2CC[C@@H](C)[C@@](O)(O2)C(=O)C(=O)N2CCCC[C@H]2C(=O)O[C@H]([C@H](C)C[C@@H]2CC[C@@H](OC(=S)NCCOCCOCCOCCOCCOCCOCCOCCOCCC(=O)NCCS(=O)(=O)c3ccc(C(=O)N4CCOc5ccc(-c6ccc(N)nc6)cc5C4)c(C)c3F)[C@H](OC)C2)C[C@@H](O)[C@H](C)/C=C(\C)C(O)[C@@H](OC)C(=O)C(C)CC(C)/C=C/C=C/C=C/1C. The van der Waals surface area contributed by atoms with Crippen LogP contribution in [0, 0.1) is 48.2 Å². The van der Waals surface area contributed by atoms with E-state index >= 15 is 4.39 Å². The predicted molar refractivity (Wildman–Crippen MR) is 487 cm³/mol. The quantitative estimate of drug-likeness (QED) is 0.0102. The molecule has 2 saturated heterocycles. The molecule has 3 aromatic rings. The standard InChI is InChI=1S/C95H141FN6O26S2/c1-62-17-13-12-14-18-63(2)80(114-9)58-74-24-20-68(7)95(111,128-74)90(107)92(109)102-33-16-15-19-76(102)93(110)126-81(59-77(103)64(3)54-67(6)88(106)89(116-11)87(105)66(5)53-62)65(4)55-70-21-26-79(82(56-70)115-10)127-94(129)99-31-36-118-39-41-120-43-45-122-47-49-124-51-50-123-48-46-121-44-42-119-40-38-117-35-30-85(104)98-32-52-130(112,113)83-28-25-75(69(8)86(83)96)91(108)101-34-37-125-78-27-22-71(57-73(78)61-101)72-23-29-84(97)100-60-72/h12-14,17-18,22-23,25,27-29,54,57,60,62,64-66,68,70,74,76-77,79-82,88-89,103,106,111H,15-16,19-21,24,26,30-53,55-56,58-59,61H2,1-11H3,(H2,97,100)(H,98,104)(H,99,129)/b14-12+,17-13+,63-18+,67-54+/t62?,64-,65-,66?,68-,70+,74+,76+,77-,79-,80+,81+,82-,88?,89+,95-/m1/s1. The first-order valence-corrected chi connectivity index (χ1v) is 47.7. The first-order valence-electron chi connectivity index (χ1n) is 45.6. The molecule has 3 fully saturated rings. The normalized spacial score (nSPS) is 27.2. The average Bonchev–Trinajstić information content (AvgIpc) is 1.28. The number of allylic oxidation sites excluding steroid dienone is 5. The molecule has 16 atom stereocenters. The molecule has 726 valence electrons. The summed E-state index contributed by atoms with van der Waals surface area (Å²) in [5.74, 6) is -9.29. The molecule has 0 spiro atoms. The number of piperidine rings is 1. The maximum Gasteiger partial charge on any atom is 0.329 e. The number of ketones is 2. The molecule has 32 nitrogen and oxygen atoms in total. The lowest BCUT2D eigenvalue weighted by molar-refractivity contribution is -0.265. The number of aromatic nitrogens is 1. The molecule has 8 rings (SSSR count). The maximum absolute atomic E-state index is 15.8. The van der Waals surface area contributed by atoms with Gasteiger partial charge in [-0.05, 0) is 174 Å². The molecule has 1 aromatic heterocycles. The van der Waals surface area contributed by atoms with Gasteiger partial charge < -0.3 is 113 Å². The molecular formula is C95H141FN6O26S2. The van der Waals surface area contributed by atoms with Crippen molar-refractivity contribution in [3.05, 3.63) is 119 Å². The largest absolute Gasteiger partial charge is 0.491 e. The number of carbonyl (C=O) groups excluding carboxylic acids is 6. The number of sulfone groups is 1. The van der Waals surface area contributed by atoms with Gasteiger partial charge in [0.25, 0.3) is 22.8 Å². The summed E-state index contributed by atoms with van der Waals surface area (Å²) in [7, 11) is 0.395. The van der Waals surface area contributed by atoms with E-state index in [4.69, 9.17) is 89.0 Å². The van der Waals surface area contributed by atoms with Crippen LogP contribution in [0.4, 0.5) is 10.2 Å². The number of fused-ring (bicyclic) bond motifs is 4. The fourth-order valence-electron chi connectivity index (χ4n) is 16.7. The maximum atomic E-state index is 15.8. The molecule has 5 heterocycles. The van der Waals surface area contributed by atoms with E-state index in [1.165, 1.54) is 29.9 Å². The summed E-state index contributed by atoms with van der Waals surface area (Å²) >= 11 is 5.61. The molecule has 1 saturated carbocycles. The predicted octanol–water partition coefficient (Wildman–Crippen LogP) is 9.11. The van der Waals surface area contributed by atoms with Gasteiger partial charge in [0.2, 0.25) is 11.7 Å². The van der Waals surface area contributed by atoms with Crippen LogP contribution in [-0.2, 0) is 107 Å². The molecule has 3 unspecified atom stereocenters. The van der Waals surface area contributed by atoms with E-state index < -0.39 is 122 Å². The van der Waals surface area contributed by atoms with Gasteiger partial charge in [0.05, 0.1) is 142 Å². The van der Waals surface area contributed by atoms with Crippen molar-refractivity contribution in [1.29, 1.82) is 0 Å². The van der Waals surface area contributed by atoms with E-state index in [2.05, 4.69) is 15.6 Å². The molecule has 2 aromatic carbocycles. The zero-order valence-corrected chi connectivity index (χ0v) is 79.2. The molecule has 7 N–H and O–H groups in total. The van der Waals surface area contributed by atoms with Crippen molar-refractivity contribution in [2.24, 2.45) is 35.5 Å². The highest BCUT2D eigenvalue weighted by molar-refractivity contribution is 7.91. The van der Waals surface area contributed by atoms with Crippen LogP contribution in [0.5, 0.6) is 5.75 Å². The lowest BCUT2D eigenvalue weighted by Gasteiger charge is -2.43. The molecule has 0 radical (unpaired) electrons. The number of halogens is 1. The number of amides is 3. The number of anilines is 1. The summed E-state index contributed by atoms with van der Waals surface area (Å²) in [6.07, 6.45) is 11.9. The van der Waals surface area contributed by atoms with Gasteiger partial charge in [0, 0.05) is 107 Å². The van der Waals surface area contributed by atoms with E-state index in [9.17, 15) is 52.5 Å². The fourth-order valence-corrected chi connectivity index (χ4v) is 18.3. The van der Waals surface area contributed by atoms with E-state index in [0.717, 1.165) is 28.3 Å². The molecule has 1 aliphatic carbocycles. The smallest absolute Gasteiger partial charge is 0.329 e. The number of hydrogen-bond acceptors (Lipinski definition) is 29. The van der Waals surface area contributed by atoms with E-state index in [1.54, 1.807) is 53.3 Å². The van der Waals surface area contributed by atoms with Crippen molar-refractivity contribution in [3.63, 3.8) is 0 Å². The molecular weight excluding hydrogens is 1720 g/mol. The number of thiocarbonyl (C=S) groups is 1. The number of ether oxygens (including phenoxy) is 15. The summed E-state index contributed by atoms with van der Waals surface area (Å²) in [6.45, 7) is 20.2. The van der Waals surface area contributed by atoms with Gasteiger partial charge in [-0.25, -0.2) is 22.6 Å². The number of nitrogen functional groups attached to an aromatic ring is 1. The number of nitrogens with zero attached hydrogens (tertiary/aromatic N) is 3. The monoisotopic (exact) mass is 1860 g/mol. The second kappa shape index (κ2) is 55.9. The molecule has 5 aliphatic rings. The Balaban J connectivity index is 0.645. The fraction of sp³-hybridized carbons (Fsp3) is 0.663. The van der Waals surface area contributed by atoms with Gasteiger partial charge in [-0.3, -0.25) is 24.0 Å². The lowest BCUT2D eigenvalue weighted by atomic mass is 9.78. The number of pyridine rings is 1. The second-order valence-electron chi connectivity index (χ2n) is 34.3. The highest BCUT2D eigenvalue weighted by Crippen LogP contribution is 2.40. The Labute approximate surface area is 771 Å². The van der Waals surface area contributed by atoms with Crippen LogP contribution in [0.1, 0.15) is 153 Å². The number of Topliss-reactive ketones (excluding diaryl/α,β-unsaturated/α-hetero) is 2. The van der Waals surface area contributed by atoms with Crippen molar-refractivity contribution in [1.82, 2.24) is 25.4 Å². The number of rotatable bonds is 40. The van der Waals surface area contributed by atoms with Crippen LogP contribution in [0.15, 0.2) is 101 Å². The zero-order valence-electron chi connectivity index (χ0n) is 77.5. The topological polar surface area (TPSA) is 405 Å². The van der Waals surface area contributed by atoms with E-state index in [-0.39, 0.29) is 124 Å². The van der Waals surface area contributed by atoms with Crippen LogP contribution in [0.2, 0.25) is 0 Å². The number of cyclic esters (lactones) is 1. The van der Waals surface area contributed by atoms with Gasteiger partial charge in [-0.1, -0.05) is 77.1 Å². The summed E-state index contributed by atoms with van der Waals surface area (Å²) < 4.78 is 130. The van der Waals surface area contributed by atoms with Gasteiger partial charge in [0.15, 0.2) is 15.6 Å². The Hall–Kier alpha value is -7.66. The van der Waals surface area contributed by atoms with Gasteiger partial charge in [-0.15, -0.1) is 0 Å². The van der Waals surface area contributed by atoms with Crippen LogP contribution >= 0.6 is 12.2 Å². The minimum atomic E-state index is -4.19. The van der Waals surface area contributed by atoms with Gasteiger partial charge in [-0.2, -0.15) is 0 Å². The van der Waals surface area contributed by atoms with E-state index in [0.29, 0.717) is 174 Å². The van der Waals surface area contributed by atoms with Crippen molar-refractivity contribution < 1.29 is 128 Å². The minimum Gasteiger partial charge on any atom is -0.491 e. The van der Waals surface area contributed by atoms with Crippen molar-refractivity contribution in [2.75, 3.05) is 171 Å². The van der Waals surface area contributed by atoms with Crippen molar-refractivity contribution in [2.45, 2.75) is 211 Å². The average molecular weight is 1870 g/mol. The molecule has 130 heavy (non-hydrogen) atoms. The highest BCUT2D eigenvalue weighted by Gasteiger charge is 2.53. The number of benzene rings is 2. The lowest BCUT2D eigenvalue weighted by Crippen LogP contribution is -2.61. The molecule has 3 amide bonds. The Morgan fingerprint density at radius 1 is 0.708 bits per heavy atom. The minimum absolute atomic E-state index is 0.00588. The highest BCUT2D eigenvalue weighted by atomic mass is 32.2. The van der Waals surface area contributed by atoms with Crippen LogP contribution in [0.25, 0.3) is 11.1 Å². The number of hydrogen-bond donors (Lipinski definition) is 6. The first kappa shape index (κ1) is 108. The van der Waals surface area contributed by atoms with Gasteiger partial charge in [0.1, 0.15) is 59.3 Å². The Morgan fingerprint density at radius 3 is 1.98 bits per heavy atom.